The largest absolute Gasteiger partial charge is 0.488 e. The van der Waals surface area contributed by atoms with Crippen LogP contribution in [0.2, 0.25) is 0 Å². The summed E-state index contributed by atoms with van der Waals surface area (Å²) < 4.78 is 39.7. The van der Waals surface area contributed by atoms with Crippen molar-refractivity contribution in [3.05, 3.63) is 59.9 Å². The van der Waals surface area contributed by atoms with Crippen molar-refractivity contribution in [2.45, 2.75) is 63.5 Å². The highest BCUT2D eigenvalue weighted by molar-refractivity contribution is 7.88. The lowest BCUT2D eigenvalue weighted by Crippen LogP contribution is -2.32. The summed E-state index contributed by atoms with van der Waals surface area (Å²) in [5, 5.41) is 0. The number of pyridine rings is 1. The quantitative estimate of drug-likeness (QED) is 0.559. The van der Waals surface area contributed by atoms with Gasteiger partial charge in [-0.3, -0.25) is 4.98 Å². The van der Waals surface area contributed by atoms with Gasteiger partial charge in [-0.15, -0.1) is 0 Å². The van der Waals surface area contributed by atoms with E-state index in [0.29, 0.717) is 12.3 Å². The van der Waals surface area contributed by atoms with Gasteiger partial charge in [0, 0.05) is 19.9 Å². The molecule has 0 N–H and O–H groups in total. The third-order valence-electron chi connectivity index (χ3n) is 5.65. The summed E-state index contributed by atoms with van der Waals surface area (Å²) in [6, 6.07) is 12.8. The van der Waals surface area contributed by atoms with Crippen LogP contribution in [0, 0.1) is 0 Å². The topological polar surface area (TPSA) is 68.7 Å². The van der Waals surface area contributed by atoms with Gasteiger partial charge < -0.3 is 9.47 Å². The van der Waals surface area contributed by atoms with Gasteiger partial charge in [0.2, 0.25) is 10.0 Å². The zero-order valence-electron chi connectivity index (χ0n) is 18.0. The predicted molar refractivity (Wildman–Crippen MR) is 118 cm³/mol. The number of hydrogen-bond donors (Lipinski definition) is 0. The fourth-order valence-corrected chi connectivity index (χ4v) is 5.90. The number of aromatic nitrogens is 1. The predicted octanol–water partition coefficient (Wildman–Crippen LogP) is 4.33. The maximum absolute atomic E-state index is 13.2. The molecule has 3 rings (SSSR count). The van der Waals surface area contributed by atoms with Gasteiger partial charge >= 0.3 is 0 Å². The van der Waals surface area contributed by atoms with Gasteiger partial charge in [-0.25, -0.2) is 8.42 Å². The van der Waals surface area contributed by atoms with Crippen molar-refractivity contribution >= 4 is 10.0 Å². The van der Waals surface area contributed by atoms with E-state index in [0.717, 1.165) is 36.9 Å². The Morgan fingerprint density at radius 1 is 1.13 bits per heavy atom. The number of benzene rings is 1. The maximum Gasteiger partial charge on any atom is 0.218 e. The summed E-state index contributed by atoms with van der Waals surface area (Å²) in [4.78, 5) is 4.38. The van der Waals surface area contributed by atoms with Crippen molar-refractivity contribution < 1.29 is 17.9 Å². The lowest BCUT2D eigenvalue weighted by atomic mass is 10.1. The lowest BCUT2D eigenvalue weighted by Gasteiger charge is -2.26. The minimum Gasteiger partial charge on any atom is -0.488 e. The van der Waals surface area contributed by atoms with Crippen molar-refractivity contribution in [1.29, 1.82) is 0 Å². The molecular weight excluding hydrogens is 400 g/mol. The summed E-state index contributed by atoms with van der Waals surface area (Å²) in [5.41, 5.74) is 1.53. The molecule has 0 radical (unpaired) electrons. The Hall–Kier alpha value is -1.96. The zero-order chi connectivity index (χ0) is 21.6. The number of sulfonamides is 1. The highest BCUT2D eigenvalue weighted by Gasteiger charge is 2.35. The molecule has 0 aliphatic carbocycles. The second-order valence-corrected chi connectivity index (χ2v) is 9.60. The van der Waals surface area contributed by atoms with Gasteiger partial charge in [0.15, 0.2) is 0 Å². The first-order chi connectivity index (χ1) is 14.5. The van der Waals surface area contributed by atoms with Crippen LogP contribution in [-0.2, 0) is 20.5 Å². The number of hydrogen-bond acceptors (Lipinski definition) is 5. The smallest absolute Gasteiger partial charge is 0.218 e. The molecule has 164 valence electrons. The highest BCUT2D eigenvalue weighted by atomic mass is 32.2. The molecule has 2 heterocycles. The van der Waals surface area contributed by atoms with Gasteiger partial charge in [0.1, 0.15) is 11.9 Å². The normalized spacial score (nSPS) is 19.5. The summed E-state index contributed by atoms with van der Waals surface area (Å²) >= 11 is 0. The molecule has 6 nitrogen and oxygen atoms in total. The Bertz CT molecular complexity index is 900. The van der Waals surface area contributed by atoms with Gasteiger partial charge in [-0.1, -0.05) is 32.0 Å². The van der Waals surface area contributed by atoms with E-state index < -0.39 is 10.0 Å². The van der Waals surface area contributed by atoms with Crippen LogP contribution in [0.1, 0.15) is 56.8 Å². The van der Waals surface area contributed by atoms with E-state index in [1.165, 1.54) is 0 Å². The van der Waals surface area contributed by atoms with Crippen molar-refractivity contribution in [3.8, 4) is 5.75 Å². The molecule has 0 spiro atoms. The summed E-state index contributed by atoms with van der Waals surface area (Å²) in [6.45, 7) is 4.66. The van der Waals surface area contributed by atoms with Crippen LogP contribution >= 0.6 is 0 Å². The Kier molecular flexibility index (Phi) is 7.86. The molecule has 1 saturated heterocycles. The second kappa shape index (κ2) is 10.4. The third kappa shape index (κ3) is 5.39. The van der Waals surface area contributed by atoms with E-state index in [9.17, 15) is 8.42 Å². The molecule has 0 bridgehead atoms. The average molecular weight is 433 g/mol. The van der Waals surface area contributed by atoms with E-state index in [1.54, 1.807) is 17.6 Å². The van der Waals surface area contributed by atoms with Crippen LogP contribution in [0.25, 0.3) is 0 Å². The fraction of sp³-hybridized carbons (Fsp3) is 0.522. The van der Waals surface area contributed by atoms with Crippen LogP contribution < -0.4 is 4.74 Å². The average Bonchev–Trinajstić information content (AvgIpc) is 3.25. The molecule has 0 saturated carbocycles. The van der Waals surface area contributed by atoms with Crippen LogP contribution in [0.4, 0.5) is 0 Å². The second-order valence-electron chi connectivity index (χ2n) is 7.67. The first kappa shape index (κ1) is 22.7. The maximum atomic E-state index is 13.2. The molecule has 7 heteroatoms. The van der Waals surface area contributed by atoms with E-state index in [2.05, 4.69) is 18.8 Å². The van der Waals surface area contributed by atoms with E-state index in [4.69, 9.17) is 9.47 Å². The summed E-state index contributed by atoms with van der Waals surface area (Å²) in [5.74, 6) is 0.624. The third-order valence-corrected chi connectivity index (χ3v) is 7.50. The lowest BCUT2D eigenvalue weighted by molar-refractivity contribution is -0.00154. The van der Waals surface area contributed by atoms with Gasteiger partial charge in [-0.2, -0.15) is 4.31 Å². The van der Waals surface area contributed by atoms with Crippen LogP contribution in [0.15, 0.2) is 48.7 Å². The van der Waals surface area contributed by atoms with Gasteiger partial charge in [0.25, 0.3) is 0 Å². The number of ether oxygens (including phenoxy) is 2. The molecular formula is C23H32N2O4S. The molecule has 3 atom stereocenters. The first-order valence-electron chi connectivity index (χ1n) is 10.7. The number of methoxy groups -OCH3 is 1. The molecule has 1 fully saturated rings. The molecule has 3 unspecified atom stereocenters. The fourth-order valence-electron chi connectivity index (χ4n) is 4.12. The first-order valence-corrected chi connectivity index (χ1v) is 12.3. The summed E-state index contributed by atoms with van der Waals surface area (Å²) in [7, 11) is -1.78. The van der Waals surface area contributed by atoms with Gasteiger partial charge in [-0.05, 0) is 55.5 Å². The Labute approximate surface area is 180 Å². The SMILES string of the molecule is CCC(OC)C(CC)Oc1cccc(CS(=O)(=O)N2CCCC2c2ccccn2)c1. The van der Waals surface area contributed by atoms with Crippen molar-refractivity contribution in [2.24, 2.45) is 0 Å². The Balaban J connectivity index is 1.75. The Morgan fingerprint density at radius 2 is 1.93 bits per heavy atom. The van der Waals surface area contributed by atoms with Crippen molar-refractivity contribution in [3.63, 3.8) is 0 Å². The van der Waals surface area contributed by atoms with E-state index >= 15 is 0 Å². The highest BCUT2D eigenvalue weighted by Crippen LogP contribution is 2.34. The molecule has 0 amide bonds. The van der Waals surface area contributed by atoms with Gasteiger partial charge in [0.05, 0.1) is 23.6 Å². The van der Waals surface area contributed by atoms with Crippen LogP contribution in [0.5, 0.6) is 5.75 Å². The van der Waals surface area contributed by atoms with Crippen molar-refractivity contribution in [1.82, 2.24) is 9.29 Å². The minimum atomic E-state index is -3.47. The molecule has 1 aliphatic heterocycles. The molecule has 2 aromatic rings. The molecule has 1 aromatic carbocycles. The molecule has 1 aromatic heterocycles. The zero-order valence-corrected chi connectivity index (χ0v) is 18.8. The van der Waals surface area contributed by atoms with E-state index in [-0.39, 0.29) is 24.0 Å². The van der Waals surface area contributed by atoms with Crippen LogP contribution in [0.3, 0.4) is 0 Å². The number of rotatable bonds is 10. The minimum absolute atomic E-state index is 0.00567. The monoisotopic (exact) mass is 432 g/mol. The Morgan fingerprint density at radius 3 is 2.60 bits per heavy atom. The standard InChI is InChI=1S/C23H32N2O4S/c1-4-22(28-3)23(5-2)29-19-11-8-10-18(16-19)17-30(26,27)25-15-9-13-21(25)20-12-6-7-14-24-20/h6-8,10-12,14,16,21-23H,4-5,9,13,15,17H2,1-3H3. The molecule has 30 heavy (non-hydrogen) atoms. The van der Waals surface area contributed by atoms with Crippen molar-refractivity contribution in [2.75, 3.05) is 13.7 Å². The molecule has 1 aliphatic rings. The summed E-state index contributed by atoms with van der Waals surface area (Å²) in [6.07, 6.45) is 4.96. The van der Waals surface area contributed by atoms with Crippen LogP contribution in [-0.4, -0.2) is 43.6 Å². The number of nitrogens with zero attached hydrogens (tertiary/aromatic N) is 2. The van der Waals surface area contributed by atoms with E-state index in [1.807, 2.05) is 42.5 Å².